The molecule has 108 valence electrons. The van der Waals surface area contributed by atoms with Crippen LogP contribution in [0.1, 0.15) is 35.1 Å². The molecule has 0 atom stereocenters. The summed E-state index contributed by atoms with van der Waals surface area (Å²) in [6, 6.07) is 8.30. The molecular weight excluding hydrogens is 250 g/mol. The lowest BCUT2D eigenvalue weighted by Gasteiger charge is -2.09. The van der Waals surface area contributed by atoms with Crippen molar-refractivity contribution in [3.63, 3.8) is 0 Å². The molecule has 20 heavy (non-hydrogen) atoms. The van der Waals surface area contributed by atoms with Gasteiger partial charge in [0.15, 0.2) is 0 Å². The van der Waals surface area contributed by atoms with E-state index in [4.69, 9.17) is 9.15 Å². The minimum Gasteiger partial charge on any atom is -0.489 e. The van der Waals surface area contributed by atoms with Gasteiger partial charge in [-0.05, 0) is 45.0 Å². The molecule has 0 saturated carbocycles. The second-order valence-electron chi connectivity index (χ2n) is 5.13. The molecule has 0 unspecified atom stereocenters. The fraction of sp³-hybridized carbons (Fsp3) is 0.412. The average Bonchev–Trinajstić information content (AvgIpc) is 2.76. The van der Waals surface area contributed by atoms with Gasteiger partial charge in [0.2, 0.25) is 0 Å². The van der Waals surface area contributed by atoms with Gasteiger partial charge in [-0.3, -0.25) is 0 Å². The molecule has 3 heteroatoms. The molecule has 0 bridgehead atoms. The second kappa shape index (κ2) is 6.62. The van der Waals surface area contributed by atoms with E-state index in [-0.39, 0.29) is 0 Å². The molecule has 2 rings (SSSR count). The summed E-state index contributed by atoms with van der Waals surface area (Å²) < 4.78 is 11.6. The van der Waals surface area contributed by atoms with Crippen LogP contribution in [0, 0.1) is 20.8 Å². The van der Waals surface area contributed by atoms with Gasteiger partial charge in [0.1, 0.15) is 23.9 Å². The molecule has 2 aromatic rings. The molecule has 0 aliphatic carbocycles. The second-order valence-corrected chi connectivity index (χ2v) is 5.13. The van der Waals surface area contributed by atoms with Crippen molar-refractivity contribution in [2.24, 2.45) is 0 Å². The zero-order valence-electron chi connectivity index (χ0n) is 12.7. The van der Waals surface area contributed by atoms with Crippen molar-refractivity contribution < 1.29 is 9.15 Å². The lowest BCUT2D eigenvalue weighted by Crippen LogP contribution is -2.10. The Morgan fingerprint density at radius 2 is 1.95 bits per heavy atom. The van der Waals surface area contributed by atoms with Crippen LogP contribution in [0.5, 0.6) is 5.75 Å². The topological polar surface area (TPSA) is 34.4 Å². The van der Waals surface area contributed by atoms with Gasteiger partial charge in [-0.1, -0.05) is 24.6 Å². The summed E-state index contributed by atoms with van der Waals surface area (Å²) in [7, 11) is 0. The zero-order valence-corrected chi connectivity index (χ0v) is 12.7. The minimum absolute atomic E-state index is 0.547. The van der Waals surface area contributed by atoms with Crippen molar-refractivity contribution >= 4 is 0 Å². The van der Waals surface area contributed by atoms with Gasteiger partial charge in [-0.25, -0.2) is 0 Å². The van der Waals surface area contributed by atoms with E-state index in [2.05, 4.69) is 44.3 Å². The fourth-order valence-electron chi connectivity index (χ4n) is 2.18. The van der Waals surface area contributed by atoms with Gasteiger partial charge in [-0.2, -0.15) is 0 Å². The van der Waals surface area contributed by atoms with E-state index in [1.807, 2.05) is 13.0 Å². The number of hydrogen-bond acceptors (Lipinski definition) is 3. The quantitative estimate of drug-likeness (QED) is 0.867. The predicted molar refractivity (Wildman–Crippen MR) is 81.1 cm³/mol. The molecule has 0 fully saturated rings. The van der Waals surface area contributed by atoms with E-state index in [1.54, 1.807) is 0 Å². The van der Waals surface area contributed by atoms with Crippen LogP contribution in [0.4, 0.5) is 0 Å². The Kier molecular flexibility index (Phi) is 4.85. The van der Waals surface area contributed by atoms with E-state index in [0.29, 0.717) is 6.61 Å². The van der Waals surface area contributed by atoms with Gasteiger partial charge in [0.25, 0.3) is 0 Å². The molecule has 1 aromatic heterocycles. The molecule has 0 amide bonds. The third-order valence-corrected chi connectivity index (χ3v) is 3.33. The highest BCUT2D eigenvalue weighted by Crippen LogP contribution is 2.22. The van der Waals surface area contributed by atoms with Crippen LogP contribution >= 0.6 is 0 Å². The summed E-state index contributed by atoms with van der Waals surface area (Å²) in [6.45, 7) is 10.5. The third kappa shape index (κ3) is 3.64. The summed E-state index contributed by atoms with van der Waals surface area (Å²) in [5.41, 5.74) is 3.53. The highest BCUT2D eigenvalue weighted by Gasteiger charge is 2.08. The molecule has 1 N–H and O–H groups in total. The zero-order chi connectivity index (χ0) is 14.5. The number of benzene rings is 1. The minimum atomic E-state index is 0.547. The number of rotatable bonds is 6. The summed E-state index contributed by atoms with van der Waals surface area (Å²) in [6.07, 6.45) is 0. The van der Waals surface area contributed by atoms with Crippen LogP contribution in [-0.4, -0.2) is 6.54 Å². The number of hydrogen-bond donors (Lipinski definition) is 1. The Bertz CT molecular complexity index is 572. The van der Waals surface area contributed by atoms with Gasteiger partial charge in [0.05, 0.1) is 6.54 Å². The van der Waals surface area contributed by atoms with E-state index in [0.717, 1.165) is 35.9 Å². The first-order chi connectivity index (χ1) is 9.60. The molecular formula is C17H23NO2. The number of aryl methyl sites for hydroxylation is 3. The van der Waals surface area contributed by atoms with E-state index in [9.17, 15) is 0 Å². The average molecular weight is 273 g/mol. The van der Waals surface area contributed by atoms with Crippen molar-refractivity contribution in [2.75, 3.05) is 6.54 Å². The van der Waals surface area contributed by atoms with Crippen LogP contribution in [-0.2, 0) is 13.2 Å². The van der Waals surface area contributed by atoms with E-state index < -0.39 is 0 Å². The first kappa shape index (κ1) is 14.7. The lowest BCUT2D eigenvalue weighted by molar-refractivity contribution is 0.301. The van der Waals surface area contributed by atoms with Crippen molar-refractivity contribution in [3.05, 3.63) is 52.5 Å². The SMILES string of the molecule is CCNCc1cc(COc2ccc(C)cc2C)c(C)o1. The lowest BCUT2D eigenvalue weighted by atomic mass is 10.1. The number of ether oxygens (including phenoxy) is 1. The Morgan fingerprint density at radius 1 is 1.15 bits per heavy atom. The van der Waals surface area contributed by atoms with Crippen molar-refractivity contribution in [3.8, 4) is 5.75 Å². The standard InChI is InChI=1S/C17H23NO2/c1-5-18-10-16-9-15(14(4)20-16)11-19-17-7-6-12(2)8-13(17)3/h6-9,18H,5,10-11H2,1-4H3. The fourth-order valence-corrected chi connectivity index (χ4v) is 2.18. The number of nitrogens with one attached hydrogen (secondary N) is 1. The Balaban J connectivity index is 2.01. The smallest absolute Gasteiger partial charge is 0.122 e. The van der Waals surface area contributed by atoms with Gasteiger partial charge < -0.3 is 14.5 Å². The third-order valence-electron chi connectivity index (χ3n) is 3.33. The molecule has 0 radical (unpaired) electrons. The molecule has 3 nitrogen and oxygen atoms in total. The first-order valence-corrected chi connectivity index (χ1v) is 7.09. The van der Waals surface area contributed by atoms with Crippen LogP contribution in [0.3, 0.4) is 0 Å². The van der Waals surface area contributed by atoms with Gasteiger partial charge in [0, 0.05) is 5.56 Å². The molecule has 1 aromatic carbocycles. The number of furan rings is 1. The maximum Gasteiger partial charge on any atom is 0.122 e. The van der Waals surface area contributed by atoms with Crippen molar-refractivity contribution in [1.82, 2.24) is 5.32 Å². The van der Waals surface area contributed by atoms with Crippen LogP contribution in [0.2, 0.25) is 0 Å². The Labute approximate surface area is 121 Å². The molecule has 1 heterocycles. The summed E-state index contributed by atoms with van der Waals surface area (Å²) in [5.74, 6) is 2.83. The molecule has 0 aliphatic heterocycles. The Morgan fingerprint density at radius 3 is 2.65 bits per heavy atom. The monoisotopic (exact) mass is 273 g/mol. The van der Waals surface area contributed by atoms with Crippen molar-refractivity contribution in [2.45, 2.75) is 40.8 Å². The normalized spacial score (nSPS) is 10.8. The maximum absolute atomic E-state index is 5.90. The van der Waals surface area contributed by atoms with E-state index in [1.165, 1.54) is 11.1 Å². The van der Waals surface area contributed by atoms with Crippen molar-refractivity contribution in [1.29, 1.82) is 0 Å². The summed E-state index contributed by atoms with van der Waals surface area (Å²) in [5, 5.41) is 3.26. The molecule has 0 aliphatic rings. The van der Waals surface area contributed by atoms with Gasteiger partial charge >= 0.3 is 0 Å². The van der Waals surface area contributed by atoms with Crippen LogP contribution in [0.25, 0.3) is 0 Å². The predicted octanol–water partition coefficient (Wildman–Crippen LogP) is 3.89. The van der Waals surface area contributed by atoms with Gasteiger partial charge in [-0.15, -0.1) is 0 Å². The molecule has 0 spiro atoms. The highest BCUT2D eigenvalue weighted by atomic mass is 16.5. The highest BCUT2D eigenvalue weighted by molar-refractivity contribution is 5.36. The largest absolute Gasteiger partial charge is 0.489 e. The maximum atomic E-state index is 5.90. The summed E-state index contributed by atoms with van der Waals surface area (Å²) >= 11 is 0. The Hall–Kier alpha value is -1.74. The van der Waals surface area contributed by atoms with Crippen LogP contribution in [0.15, 0.2) is 28.7 Å². The van der Waals surface area contributed by atoms with Crippen LogP contribution < -0.4 is 10.1 Å². The summed E-state index contributed by atoms with van der Waals surface area (Å²) in [4.78, 5) is 0. The molecule has 0 saturated heterocycles. The first-order valence-electron chi connectivity index (χ1n) is 7.09. The van der Waals surface area contributed by atoms with E-state index >= 15 is 0 Å².